The van der Waals surface area contributed by atoms with Gasteiger partial charge in [-0.1, -0.05) is 6.92 Å². The van der Waals surface area contributed by atoms with Gasteiger partial charge >= 0.3 is 0 Å². The van der Waals surface area contributed by atoms with E-state index < -0.39 is 0 Å². The minimum Gasteiger partial charge on any atom is -0.457 e. The molecule has 1 N–H and O–H groups in total. The summed E-state index contributed by atoms with van der Waals surface area (Å²) in [4.78, 5) is 2.60. The first-order valence-electron chi connectivity index (χ1n) is 5.85. The first kappa shape index (κ1) is 14.3. The van der Waals surface area contributed by atoms with Gasteiger partial charge < -0.3 is 9.73 Å². The highest BCUT2D eigenvalue weighted by Gasteiger charge is 2.20. The van der Waals surface area contributed by atoms with Crippen molar-refractivity contribution in [2.45, 2.75) is 26.3 Å². The molecule has 0 bridgehead atoms. The zero-order valence-corrected chi connectivity index (χ0v) is 14.3. The van der Waals surface area contributed by atoms with Gasteiger partial charge in [-0.2, -0.15) is 0 Å². The van der Waals surface area contributed by atoms with Gasteiger partial charge in [-0.15, -0.1) is 11.3 Å². The van der Waals surface area contributed by atoms with Crippen molar-refractivity contribution in [2.24, 2.45) is 0 Å². The van der Waals surface area contributed by atoms with E-state index in [2.05, 4.69) is 57.1 Å². The fraction of sp³-hybridized carbons (Fsp3) is 0.385. The molecule has 2 rings (SSSR count). The molecule has 0 fully saturated rings. The van der Waals surface area contributed by atoms with E-state index in [1.165, 1.54) is 14.2 Å². The Morgan fingerprint density at radius 3 is 2.72 bits per heavy atom. The predicted octanol–water partition coefficient (Wildman–Crippen LogP) is 5.26. The van der Waals surface area contributed by atoms with Crippen LogP contribution in [0.1, 0.15) is 34.7 Å². The fourth-order valence-electron chi connectivity index (χ4n) is 1.79. The molecule has 98 valence electrons. The fourth-order valence-corrected chi connectivity index (χ4v) is 3.91. The highest BCUT2D eigenvalue weighted by Crippen LogP contribution is 2.36. The van der Waals surface area contributed by atoms with Gasteiger partial charge in [-0.25, -0.2) is 0 Å². The monoisotopic (exact) mass is 391 g/mol. The molecule has 0 saturated heterocycles. The topological polar surface area (TPSA) is 25.2 Å². The molecular formula is C13H15Br2NOS. The summed E-state index contributed by atoms with van der Waals surface area (Å²) < 4.78 is 7.33. The first-order chi connectivity index (χ1) is 8.63. The van der Waals surface area contributed by atoms with E-state index in [0.717, 1.165) is 23.2 Å². The Kier molecular flexibility index (Phi) is 5.06. The van der Waals surface area contributed by atoms with Gasteiger partial charge in [0, 0.05) is 19.8 Å². The van der Waals surface area contributed by atoms with Crippen molar-refractivity contribution in [3.63, 3.8) is 0 Å². The minimum atomic E-state index is 0.188. The van der Waals surface area contributed by atoms with E-state index in [0.29, 0.717) is 0 Å². The molecule has 5 heteroatoms. The number of furan rings is 1. The van der Waals surface area contributed by atoms with Gasteiger partial charge in [0.1, 0.15) is 0 Å². The van der Waals surface area contributed by atoms with Crippen LogP contribution in [0.2, 0.25) is 0 Å². The van der Waals surface area contributed by atoms with Crippen LogP contribution in [0.5, 0.6) is 0 Å². The normalized spacial score (nSPS) is 12.9. The Balaban J connectivity index is 2.33. The number of nitrogens with one attached hydrogen (secondary N) is 1. The molecule has 0 aliphatic heterocycles. The average molecular weight is 393 g/mol. The summed E-state index contributed by atoms with van der Waals surface area (Å²) in [6.07, 6.45) is 2.83. The highest BCUT2D eigenvalue weighted by molar-refractivity contribution is 9.10. The number of hydrogen-bond acceptors (Lipinski definition) is 3. The van der Waals surface area contributed by atoms with Gasteiger partial charge in [0.15, 0.2) is 4.67 Å². The van der Waals surface area contributed by atoms with Crippen LogP contribution in [-0.4, -0.2) is 6.54 Å². The molecule has 0 spiro atoms. The summed E-state index contributed by atoms with van der Waals surface area (Å²) in [7, 11) is 0. The molecule has 2 aromatic heterocycles. The van der Waals surface area contributed by atoms with Crippen molar-refractivity contribution in [1.82, 2.24) is 5.32 Å². The molecule has 1 atom stereocenters. The lowest BCUT2D eigenvalue weighted by Gasteiger charge is -2.16. The number of thiophene rings is 1. The van der Waals surface area contributed by atoms with E-state index >= 15 is 0 Å². The number of rotatable bonds is 5. The zero-order chi connectivity index (χ0) is 13.1. The van der Waals surface area contributed by atoms with Crippen molar-refractivity contribution < 1.29 is 4.42 Å². The Morgan fingerprint density at radius 2 is 2.22 bits per heavy atom. The van der Waals surface area contributed by atoms with E-state index in [1.54, 1.807) is 6.26 Å². The van der Waals surface area contributed by atoms with Crippen LogP contribution >= 0.6 is 43.2 Å². The van der Waals surface area contributed by atoms with Crippen molar-refractivity contribution in [3.8, 4) is 0 Å². The quantitative estimate of drug-likeness (QED) is 0.750. The summed E-state index contributed by atoms with van der Waals surface area (Å²) >= 11 is 8.86. The van der Waals surface area contributed by atoms with E-state index in [4.69, 9.17) is 4.42 Å². The Bertz CT molecular complexity index is 501. The average Bonchev–Trinajstić information content (AvgIpc) is 2.88. The van der Waals surface area contributed by atoms with Crippen molar-refractivity contribution >= 4 is 43.2 Å². The number of hydrogen-bond donors (Lipinski definition) is 1. The molecule has 18 heavy (non-hydrogen) atoms. The smallest absolute Gasteiger partial charge is 0.174 e. The molecule has 0 saturated carbocycles. The van der Waals surface area contributed by atoms with Crippen molar-refractivity contribution in [1.29, 1.82) is 0 Å². The van der Waals surface area contributed by atoms with Crippen LogP contribution in [0.4, 0.5) is 0 Å². The molecule has 0 amide bonds. The molecule has 1 unspecified atom stereocenters. The number of halogens is 2. The van der Waals surface area contributed by atoms with E-state index in [-0.39, 0.29) is 6.04 Å². The summed E-state index contributed by atoms with van der Waals surface area (Å²) in [6, 6.07) is 4.39. The van der Waals surface area contributed by atoms with Crippen molar-refractivity contribution in [3.05, 3.63) is 42.9 Å². The highest BCUT2D eigenvalue weighted by atomic mass is 79.9. The Morgan fingerprint density at radius 1 is 1.44 bits per heavy atom. The maximum atomic E-state index is 5.35. The van der Waals surface area contributed by atoms with Gasteiger partial charge in [0.25, 0.3) is 0 Å². The molecule has 0 radical (unpaired) electrons. The van der Waals surface area contributed by atoms with Gasteiger partial charge in [0.2, 0.25) is 0 Å². The Hall–Kier alpha value is -0.100. The van der Waals surface area contributed by atoms with Crippen LogP contribution in [0.15, 0.2) is 32.0 Å². The standard InChI is InChI=1S/C13H15Br2NOS/c1-3-5-16-12(9-4-6-17-13(9)15)11-7-10(14)8(2)18-11/h4,6-7,12,16H,3,5H2,1-2H3. The maximum absolute atomic E-state index is 5.35. The molecule has 2 aromatic rings. The lowest BCUT2D eigenvalue weighted by atomic mass is 10.1. The molecule has 2 nitrogen and oxygen atoms in total. The van der Waals surface area contributed by atoms with Gasteiger partial charge in [-0.3, -0.25) is 0 Å². The van der Waals surface area contributed by atoms with Crippen LogP contribution in [-0.2, 0) is 0 Å². The summed E-state index contributed by atoms with van der Waals surface area (Å²) in [5.41, 5.74) is 1.15. The predicted molar refractivity (Wildman–Crippen MR) is 83.3 cm³/mol. The van der Waals surface area contributed by atoms with Crippen LogP contribution < -0.4 is 5.32 Å². The largest absolute Gasteiger partial charge is 0.457 e. The third-order valence-corrected chi connectivity index (χ3v) is 5.56. The van der Waals surface area contributed by atoms with Crippen LogP contribution in [0.3, 0.4) is 0 Å². The second-order valence-electron chi connectivity index (χ2n) is 4.09. The van der Waals surface area contributed by atoms with E-state index in [1.807, 2.05) is 17.4 Å². The summed E-state index contributed by atoms with van der Waals surface area (Å²) in [5, 5.41) is 3.57. The first-order valence-corrected chi connectivity index (χ1v) is 8.25. The van der Waals surface area contributed by atoms with Gasteiger partial charge in [0.05, 0.1) is 12.3 Å². The third-order valence-electron chi connectivity index (χ3n) is 2.72. The summed E-state index contributed by atoms with van der Waals surface area (Å²) in [5.74, 6) is 0. The summed E-state index contributed by atoms with van der Waals surface area (Å²) in [6.45, 7) is 5.28. The molecular weight excluding hydrogens is 378 g/mol. The van der Waals surface area contributed by atoms with E-state index in [9.17, 15) is 0 Å². The van der Waals surface area contributed by atoms with Gasteiger partial charge in [-0.05, 0) is 63.9 Å². The third kappa shape index (κ3) is 3.07. The lowest BCUT2D eigenvalue weighted by Crippen LogP contribution is -2.22. The lowest BCUT2D eigenvalue weighted by molar-refractivity contribution is 0.525. The maximum Gasteiger partial charge on any atom is 0.174 e. The minimum absolute atomic E-state index is 0.188. The second-order valence-corrected chi connectivity index (χ2v) is 6.95. The molecule has 0 aliphatic carbocycles. The SMILES string of the molecule is CCCNC(c1cc(Br)c(C)s1)c1ccoc1Br. The number of aryl methyl sites for hydroxylation is 1. The van der Waals surface area contributed by atoms with Crippen molar-refractivity contribution in [2.75, 3.05) is 6.54 Å². The molecule has 0 aliphatic rings. The zero-order valence-electron chi connectivity index (χ0n) is 10.3. The molecule has 2 heterocycles. The van der Waals surface area contributed by atoms with Crippen LogP contribution in [0.25, 0.3) is 0 Å². The molecule has 0 aromatic carbocycles. The second kappa shape index (κ2) is 6.37. The Labute approximate surface area is 128 Å². The van der Waals surface area contributed by atoms with Crippen LogP contribution in [0, 0.1) is 6.92 Å².